The minimum absolute atomic E-state index is 1.01. The van der Waals surface area contributed by atoms with Crippen LogP contribution >= 0.6 is 11.3 Å². The highest BCUT2D eigenvalue weighted by molar-refractivity contribution is 7.16. The zero-order valence-electron chi connectivity index (χ0n) is 9.78. The van der Waals surface area contributed by atoms with E-state index in [0.717, 1.165) is 13.1 Å². The SMILES string of the molecule is C[n+]1ccn(CC[n+]2csc3ccccc32)c1. The van der Waals surface area contributed by atoms with Crippen molar-refractivity contribution in [1.82, 2.24) is 4.57 Å². The molecule has 4 heteroatoms. The third kappa shape index (κ3) is 2.08. The lowest BCUT2D eigenvalue weighted by Crippen LogP contribution is -2.34. The summed E-state index contributed by atoms with van der Waals surface area (Å²) in [4.78, 5) is 0. The quantitative estimate of drug-likeness (QED) is 0.621. The highest BCUT2D eigenvalue weighted by atomic mass is 32.1. The Labute approximate surface area is 104 Å². The molecule has 3 rings (SSSR count). The Bertz CT molecular complexity index is 639. The van der Waals surface area contributed by atoms with E-state index in [4.69, 9.17) is 0 Å². The molecule has 0 aliphatic rings. The number of nitrogens with zero attached hydrogens (tertiary/aromatic N) is 3. The molecule has 0 radical (unpaired) electrons. The Balaban J connectivity index is 1.81. The van der Waals surface area contributed by atoms with Crippen molar-refractivity contribution >= 4 is 21.6 Å². The lowest BCUT2D eigenvalue weighted by Gasteiger charge is -1.92. The lowest BCUT2D eigenvalue weighted by atomic mass is 10.3. The van der Waals surface area contributed by atoms with Crippen LogP contribution < -0.4 is 9.13 Å². The topological polar surface area (TPSA) is 12.7 Å². The van der Waals surface area contributed by atoms with Crippen molar-refractivity contribution < 1.29 is 9.13 Å². The van der Waals surface area contributed by atoms with Crippen molar-refractivity contribution in [2.24, 2.45) is 7.05 Å². The van der Waals surface area contributed by atoms with Gasteiger partial charge in [-0.1, -0.05) is 23.5 Å². The number of hydrogen-bond donors (Lipinski definition) is 0. The second-order valence-electron chi connectivity index (χ2n) is 4.20. The number of imidazole rings is 1. The Morgan fingerprint density at radius 1 is 1.29 bits per heavy atom. The van der Waals surface area contributed by atoms with Crippen LogP contribution in [0.2, 0.25) is 0 Å². The monoisotopic (exact) mass is 245 g/mol. The van der Waals surface area contributed by atoms with Gasteiger partial charge in [-0.3, -0.25) is 0 Å². The molecule has 0 atom stereocenters. The predicted molar refractivity (Wildman–Crippen MR) is 67.6 cm³/mol. The van der Waals surface area contributed by atoms with Crippen LogP contribution in [-0.2, 0) is 20.1 Å². The molecule has 0 spiro atoms. The van der Waals surface area contributed by atoms with Crippen LogP contribution in [0.15, 0.2) is 48.5 Å². The maximum absolute atomic E-state index is 2.32. The van der Waals surface area contributed by atoms with Crippen molar-refractivity contribution in [3.8, 4) is 0 Å². The molecule has 2 aromatic heterocycles. The van der Waals surface area contributed by atoms with Crippen molar-refractivity contribution in [2.45, 2.75) is 13.1 Å². The Kier molecular flexibility index (Phi) is 2.65. The van der Waals surface area contributed by atoms with E-state index in [1.165, 1.54) is 10.2 Å². The number of hydrogen-bond acceptors (Lipinski definition) is 1. The standard InChI is InChI=1S/C13H15N3S/c1-14-6-7-15(10-14)8-9-16-11-17-13-5-3-2-4-12(13)16/h2-7,10-11H,8-9H2,1H3/q+2. The summed E-state index contributed by atoms with van der Waals surface area (Å²) < 4.78 is 7.95. The summed E-state index contributed by atoms with van der Waals surface area (Å²) in [5, 5.41) is 0. The van der Waals surface area contributed by atoms with E-state index in [9.17, 15) is 0 Å². The second-order valence-corrected chi connectivity index (χ2v) is 5.09. The summed E-state index contributed by atoms with van der Waals surface area (Å²) in [7, 11) is 2.05. The van der Waals surface area contributed by atoms with Crippen LogP contribution in [0.25, 0.3) is 10.2 Å². The Hall–Kier alpha value is -1.68. The summed E-state index contributed by atoms with van der Waals surface area (Å²) in [5.41, 5.74) is 3.53. The highest BCUT2D eigenvalue weighted by Gasteiger charge is 2.12. The van der Waals surface area contributed by atoms with Crippen molar-refractivity contribution in [2.75, 3.05) is 0 Å². The first kappa shape index (κ1) is 10.5. The molecule has 0 bridgehead atoms. The van der Waals surface area contributed by atoms with Gasteiger partial charge < -0.3 is 0 Å². The highest BCUT2D eigenvalue weighted by Crippen LogP contribution is 2.14. The molecule has 0 saturated carbocycles. The zero-order valence-corrected chi connectivity index (χ0v) is 10.6. The summed E-state index contributed by atoms with van der Waals surface area (Å²) in [6.45, 7) is 2.02. The normalized spacial score (nSPS) is 11.1. The molecule has 17 heavy (non-hydrogen) atoms. The second kappa shape index (κ2) is 4.30. The third-order valence-electron chi connectivity index (χ3n) is 2.90. The summed E-state index contributed by atoms with van der Waals surface area (Å²) in [5.74, 6) is 0. The first-order chi connectivity index (χ1) is 8.33. The number of aromatic nitrogens is 3. The summed E-state index contributed by atoms with van der Waals surface area (Å²) >= 11 is 1.80. The molecule has 3 nitrogen and oxygen atoms in total. The molecule has 1 aromatic carbocycles. The maximum Gasteiger partial charge on any atom is 0.243 e. The van der Waals surface area contributed by atoms with E-state index >= 15 is 0 Å². The minimum atomic E-state index is 1.01. The third-order valence-corrected chi connectivity index (χ3v) is 3.86. The van der Waals surface area contributed by atoms with Crippen molar-refractivity contribution in [1.29, 1.82) is 0 Å². The fraction of sp³-hybridized carbons (Fsp3) is 0.231. The van der Waals surface area contributed by atoms with E-state index in [1.807, 2.05) is 7.05 Å². The molecular formula is C13H15N3S+2. The molecule has 0 amide bonds. The van der Waals surface area contributed by atoms with E-state index in [-0.39, 0.29) is 0 Å². The summed E-state index contributed by atoms with van der Waals surface area (Å²) in [6.07, 6.45) is 6.28. The molecular weight excluding hydrogens is 230 g/mol. The van der Waals surface area contributed by atoms with Crippen LogP contribution in [0, 0.1) is 0 Å². The van der Waals surface area contributed by atoms with Gasteiger partial charge in [-0.05, 0) is 6.07 Å². The minimum Gasteiger partial charge on any atom is -0.240 e. The number of fused-ring (bicyclic) bond motifs is 1. The Morgan fingerprint density at radius 2 is 2.18 bits per heavy atom. The predicted octanol–water partition coefficient (Wildman–Crippen LogP) is 1.51. The van der Waals surface area contributed by atoms with Crippen LogP contribution in [0.3, 0.4) is 0 Å². The number of thiazole rings is 1. The van der Waals surface area contributed by atoms with E-state index < -0.39 is 0 Å². The van der Waals surface area contributed by atoms with E-state index in [2.05, 4.69) is 62.2 Å². The molecule has 3 aromatic rings. The first-order valence-corrected chi connectivity index (χ1v) is 6.57. The van der Waals surface area contributed by atoms with Gasteiger partial charge in [0, 0.05) is 6.07 Å². The van der Waals surface area contributed by atoms with Gasteiger partial charge in [0.1, 0.15) is 23.6 Å². The van der Waals surface area contributed by atoms with Gasteiger partial charge in [-0.15, -0.1) is 0 Å². The van der Waals surface area contributed by atoms with Gasteiger partial charge in [0.25, 0.3) is 0 Å². The Morgan fingerprint density at radius 3 is 3.00 bits per heavy atom. The van der Waals surface area contributed by atoms with Gasteiger partial charge in [0.15, 0.2) is 6.54 Å². The smallest absolute Gasteiger partial charge is 0.240 e. The van der Waals surface area contributed by atoms with E-state index in [1.54, 1.807) is 11.3 Å². The zero-order chi connectivity index (χ0) is 11.7. The van der Waals surface area contributed by atoms with Gasteiger partial charge >= 0.3 is 0 Å². The number of rotatable bonds is 3. The first-order valence-electron chi connectivity index (χ1n) is 5.69. The molecule has 0 aliphatic carbocycles. The van der Waals surface area contributed by atoms with Gasteiger partial charge in [-0.2, -0.15) is 4.57 Å². The van der Waals surface area contributed by atoms with Crippen molar-refractivity contribution in [3.63, 3.8) is 0 Å². The van der Waals surface area contributed by atoms with Gasteiger partial charge in [-0.25, -0.2) is 9.13 Å². The average Bonchev–Trinajstić information content (AvgIpc) is 2.93. The molecule has 0 unspecified atom stereocenters. The number of benzene rings is 1. The molecule has 0 fully saturated rings. The van der Waals surface area contributed by atoms with Gasteiger partial charge in [0.2, 0.25) is 17.4 Å². The lowest BCUT2D eigenvalue weighted by molar-refractivity contribution is -0.675. The number of aryl methyl sites for hydroxylation is 3. The molecule has 86 valence electrons. The van der Waals surface area contributed by atoms with Crippen LogP contribution in [0.1, 0.15) is 0 Å². The van der Waals surface area contributed by atoms with Crippen LogP contribution in [0.4, 0.5) is 0 Å². The largest absolute Gasteiger partial charge is 0.243 e. The number of para-hydroxylation sites is 1. The maximum atomic E-state index is 2.32. The van der Waals surface area contributed by atoms with Crippen LogP contribution in [0.5, 0.6) is 0 Å². The fourth-order valence-corrected chi connectivity index (χ4v) is 2.92. The molecule has 0 aliphatic heterocycles. The van der Waals surface area contributed by atoms with Crippen molar-refractivity contribution in [3.05, 3.63) is 48.5 Å². The van der Waals surface area contributed by atoms with Gasteiger partial charge in [0.05, 0.1) is 7.05 Å². The molecule has 0 saturated heterocycles. The van der Waals surface area contributed by atoms with E-state index in [0.29, 0.717) is 0 Å². The average molecular weight is 245 g/mol. The molecule has 0 N–H and O–H groups in total. The summed E-state index contributed by atoms with van der Waals surface area (Å²) in [6, 6.07) is 8.55. The molecule has 2 heterocycles. The van der Waals surface area contributed by atoms with Crippen LogP contribution in [-0.4, -0.2) is 4.57 Å². The fourth-order valence-electron chi connectivity index (χ4n) is 2.00.